The number of nitrogens with two attached hydrogens (primary N) is 1. The largest absolute Gasteiger partial charge is 0.493 e. The summed E-state index contributed by atoms with van der Waals surface area (Å²) in [5.74, 6) is 1.75. The summed E-state index contributed by atoms with van der Waals surface area (Å²) in [5.41, 5.74) is 8.90. The van der Waals surface area contributed by atoms with Crippen molar-refractivity contribution in [3.63, 3.8) is 0 Å². The first-order valence-electron chi connectivity index (χ1n) is 5.35. The van der Waals surface area contributed by atoms with Crippen molar-refractivity contribution in [2.24, 2.45) is 5.73 Å². The van der Waals surface area contributed by atoms with Crippen LogP contribution in [0.5, 0.6) is 5.75 Å². The molecule has 1 heterocycles. The van der Waals surface area contributed by atoms with Gasteiger partial charge in [0.2, 0.25) is 0 Å². The van der Waals surface area contributed by atoms with Crippen LogP contribution < -0.4 is 10.5 Å². The minimum Gasteiger partial charge on any atom is -0.493 e. The Labute approximate surface area is 84.1 Å². The van der Waals surface area contributed by atoms with Crippen molar-refractivity contribution in [1.82, 2.24) is 0 Å². The van der Waals surface area contributed by atoms with Gasteiger partial charge in [0.25, 0.3) is 0 Å². The minimum atomic E-state index is 0.348. The van der Waals surface area contributed by atoms with Crippen molar-refractivity contribution < 1.29 is 4.74 Å². The Hall–Kier alpha value is -1.02. The lowest BCUT2D eigenvalue weighted by molar-refractivity contribution is 0.251. The molecular weight excluding hydrogens is 174 g/mol. The molecule has 0 bridgehead atoms. The van der Waals surface area contributed by atoms with Gasteiger partial charge in [-0.05, 0) is 36.8 Å². The Morgan fingerprint density at radius 3 is 3.21 bits per heavy atom. The van der Waals surface area contributed by atoms with Gasteiger partial charge in [0.1, 0.15) is 5.75 Å². The predicted molar refractivity (Wildman–Crippen MR) is 55.6 cm³/mol. The molecule has 0 amide bonds. The van der Waals surface area contributed by atoms with Gasteiger partial charge in [0, 0.05) is 11.6 Å². The van der Waals surface area contributed by atoms with E-state index in [-0.39, 0.29) is 0 Å². The third-order valence-corrected chi connectivity index (χ3v) is 3.36. The van der Waals surface area contributed by atoms with Gasteiger partial charge in [-0.25, -0.2) is 0 Å². The first kappa shape index (κ1) is 8.30. The van der Waals surface area contributed by atoms with Gasteiger partial charge in [0.05, 0.1) is 6.61 Å². The summed E-state index contributed by atoms with van der Waals surface area (Å²) >= 11 is 0. The molecule has 1 aliphatic heterocycles. The van der Waals surface area contributed by atoms with Crippen LogP contribution >= 0.6 is 0 Å². The molecule has 14 heavy (non-hydrogen) atoms. The van der Waals surface area contributed by atoms with Gasteiger partial charge in [-0.15, -0.1) is 0 Å². The van der Waals surface area contributed by atoms with Crippen LogP contribution in [0.15, 0.2) is 18.2 Å². The number of ether oxygens (including phenoxy) is 1. The second-order valence-corrected chi connectivity index (χ2v) is 4.36. The van der Waals surface area contributed by atoms with Gasteiger partial charge in [0.15, 0.2) is 0 Å². The highest BCUT2D eigenvalue weighted by atomic mass is 16.5. The molecule has 0 fully saturated rings. The highest BCUT2D eigenvalue weighted by Gasteiger charge is 2.30. The molecule has 0 aromatic heterocycles. The molecule has 2 heteroatoms. The zero-order valence-electron chi connectivity index (χ0n) is 8.20. The number of hydrogen-bond donors (Lipinski definition) is 1. The average molecular weight is 189 g/mol. The maximum atomic E-state index is 6.05. The maximum Gasteiger partial charge on any atom is 0.123 e. The van der Waals surface area contributed by atoms with Gasteiger partial charge in [-0.2, -0.15) is 0 Å². The average Bonchev–Trinajstić information content (AvgIpc) is 2.18. The lowest BCUT2D eigenvalue weighted by Crippen LogP contribution is -2.33. The van der Waals surface area contributed by atoms with Crippen LogP contribution in [0.3, 0.4) is 0 Å². The number of rotatable bonds is 0. The van der Waals surface area contributed by atoms with Crippen molar-refractivity contribution in [2.75, 3.05) is 6.61 Å². The summed E-state index contributed by atoms with van der Waals surface area (Å²) in [6, 6.07) is 6.71. The molecule has 3 rings (SSSR count). The third kappa shape index (κ3) is 1.14. The third-order valence-electron chi connectivity index (χ3n) is 3.36. The molecule has 1 aliphatic carbocycles. The Bertz CT molecular complexity index is 361. The molecule has 1 aromatic rings. The highest BCUT2D eigenvalue weighted by Crippen LogP contribution is 2.42. The maximum absolute atomic E-state index is 6.05. The summed E-state index contributed by atoms with van der Waals surface area (Å²) in [7, 11) is 0. The van der Waals surface area contributed by atoms with Gasteiger partial charge in [-0.3, -0.25) is 0 Å². The van der Waals surface area contributed by atoms with Crippen molar-refractivity contribution in [3.8, 4) is 5.75 Å². The van der Waals surface area contributed by atoms with E-state index in [0.29, 0.717) is 12.0 Å². The fourth-order valence-electron chi connectivity index (χ4n) is 2.78. The summed E-state index contributed by atoms with van der Waals surface area (Å²) in [6.07, 6.45) is 3.29. The van der Waals surface area contributed by atoms with Crippen molar-refractivity contribution in [1.29, 1.82) is 0 Å². The van der Waals surface area contributed by atoms with E-state index in [1.165, 1.54) is 11.1 Å². The van der Waals surface area contributed by atoms with Gasteiger partial charge >= 0.3 is 0 Å². The first-order chi connectivity index (χ1) is 6.84. The molecule has 2 aliphatic rings. The molecule has 0 radical (unpaired) electrons. The monoisotopic (exact) mass is 189 g/mol. The van der Waals surface area contributed by atoms with E-state index < -0.39 is 0 Å². The van der Waals surface area contributed by atoms with E-state index in [1.807, 2.05) is 0 Å². The quantitative estimate of drug-likeness (QED) is 0.675. The Balaban J connectivity index is 2.14. The molecule has 2 nitrogen and oxygen atoms in total. The smallest absolute Gasteiger partial charge is 0.123 e. The second kappa shape index (κ2) is 2.99. The van der Waals surface area contributed by atoms with Crippen LogP contribution in [0, 0.1) is 0 Å². The fourth-order valence-corrected chi connectivity index (χ4v) is 2.78. The molecule has 2 N–H and O–H groups in total. The standard InChI is InChI=1S/C12H15NO/c13-10-6-8-2-1-3-11-12(8)9(7-10)4-5-14-11/h1-3,9-10H,4-7,13H2. The van der Waals surface area contributed by atoms with Crippen molar-refractivity contribution >= 4 is 0 Å². The van der Waals surface area contributed by atoms with Gasteiger partial charge in [-0.1, -0.05) is 12.1 Å². The molecule has 0 saturated heterocycles. The zero-order valence-corrected chi connectivity index (χ0v) is 8.20. The van der Waals surface area contributed by atoms with Crippen LogP contribution in [-0.4, -0.2) is 12.6 Å². The topological polar surface area (TPSA) is 35.2 Å². The van der Waals surface area contributed by atoms with E-state index >= 15 is 0 Å². The van der Waals surface area contributed by atoms with Crippen LogP contribution in [0.2, 0.25) is 0 Å². The molecule has 1 aromatic carbocycles. The van der Waals surface area contributed by atoms with E-state index in [1.54, 1.807) is 0 Å². The number of hydrogen-bond acceptors (Lipinski definition) is 2. The van der Waals surface area contributed by atoms with Crippen LogP contribution in [0.4, 0.5) is 0 Å². The van der Waals surface area contributed by atoms with Crippen molar-refractivity contribution in [3.05, 3.63) is 29.3 Å². The summed E-state index contributed by atoms with van der Waals surface area (Å²) in [6.45, 7) is 0.855. The highest BCUT2D eigenvalue weighted by molar-refractivity contribution is 5.46. The lowest BCUT2D eigenvalue weighted by Gasteiger charge is -2.34. The first-order valence-corrected chi connectivity index (χ1v) is 5.35. The van der Waals surface area contributed by atoms with Gasteiger partial charge < -0.3 is 10.5 Å². The summed E-state index contributed by atoms with van der Waals surface area (Å²) in [4.78, 5) is 0. The molecule has 2 atom stereocenters. The second-order valence-electron chi connectivity index (χ2n) is 4.36. The van der Waals surface area contributed by atoms with Crippen LogP contribution in [0.1, 0.15) is 29.9 Å². The van der Waals surface area contributed by atoms with Crippen LogP contribution in [-0.2, 0) is 6.42 Å². The SMILES string of the molecule is NC1Cc2cccc3c2C(CCO3)C1. The zero-order chi connectivity index (χ0) is 9.54. The molecule has 2 unspecified atom stereocenters. The molecule has 0 spiro atoms. The molecule has 0 saturated carbocycles. The van der Waals surface area contributed by atoms with Crippen LogP contribution in [0.25, 0.3) is 0 Å². The molecule has 74 valence electrons. The molecular formula is C12H15NO. The van der Waals surface area contributed by atoms with E-state index in [9.17, 15) is 0 Å². The predicted octanol–water partition coefficient (Wildman–Crippen LogP) is 1.83. The van der Waals surface area contributed by atoms with Crippen molar-refractivity contribution in [2.45, 2.75) is 31.2 Å². The summed E-state index contributed by atoms with van der Waals surface area (Å²) in [5, 5.41) is 0. The lowest BCUT2D eigenvalue weighted by atomic mass is 9.77. The minimum absolute atomic E-state index is 0.348. The van der Waals surface area contributed by atoms with E-state index in [2.05, 4.69) is 18.2 Å². The van der Waals surface area contributed by atoms with E-state index in [4.69, 9.17) is 10.5 Å². The van der Waals surface area contributed by atoms with E-state index in [0.717, 1.165) is 31.6 Å². The number of benzene rings is 1. The Morgan fingerprint density at radius 2 is 2.29 bits per heavy atom. The fraction of sp³-hybridized carbons (Fsp3) is 0.500. The normalized spacial score (nSPS) is 29.2. The Morgan fingerprint density at radius 1 is 1.36 bits per heavy atom. The summed E-state index contributed by atoms with van der Waals surface area (Å²) < 4.78 is 5.66. The Kier molecular flexibility index (Phi) is 1.77.